The Balaban J connectivity index is 4.64. The summed E-state index contributed by atoms with van der Waals surface area (Å²) in [6.45, 7) is 9.68. The Bertz CT molecular complexity index is 295. The lowest BCUT2D eigenvalue weighted by Crippen LogP contribution is -2.46. The minimum absolute atomic E-state index is 0.0239. The normalized spacial score (nSPS) is 13.3. The highest BCUT2D eigenvalue weighted by Crippen LogP contribution is 2.20. The molecule has 0 aliphatic rings. The maximum absolute atomic E-state index is 12.1. The van der Waals surface area contributed by atoms with Crippen molar-refractivity contribution in [1.82, 2.24) is 4.90 Å². The molecule has 2 N–H and O–H groups in total. The molecule has 0 aliphatic carbocycles. The van der Waals surface area contributed by atoms with E-state index < -0.39 is 5.97 Å². The average molecular weight is 258 g/mol. The van der Waals surface area contributed by atoms with Gasteiger partial charge in [0, 0.05) is 18.5 Å². The standard InChI is InChI=1S/C13H26N2O3/c1-9(2)15(8-12(17)18-6)11(16)7-10(14)13(3,4)5/h9-10H,7-8,14H2,1-6H3. The van der Waals surface area contributed by atoms with Gasteiger partial charge in [0.05, 0.1) is 7.11 Å². The van der Waals surface area contributed by atoms with Gasteiger partial charge in [-0.15, -0.1) is 0 Å². The van der Waals surface area contributed by atoms with Gasteiger partial charge >= 0.3 is 5.97 Å². The molecule has 0 rings (SSSR count). The van der Waals surface area contributed by atoms with E-state index in [0.29, 0.717) is 0 Å². The lowest BCUT2D eigenvalue weighted by molar-refractivity contribution is -0.148. The average Bonchev–Trinajstić information content (AvgIpc) is 2.23. The third kappa shape index (κ3) is 5.49. The number of ether oxygens (including phenoxy) is 1. The highest BCUT2D eigenvalue weighted by molar-refractivity contribution is 5.82. The van der Waals surface area contributed by atoms with Crippen molar-refractivity contribution in [1.29, 1.82) is 0 Å². The maximum Gasteiger partial charge on any atom is 0.325 e. The van der Waals surface area contributed by atoms with Crippen LogP contribution in [-0.4, -0.2) is 42.5 Å². The van der Waals surface area contributed by atoms with Crippen molar-refractivity contribution in [2.45, 2.75) is 53.1 Å². The maximum atomic E-state index is 12.1. The molecule has 0 bridgehead atoms. The Morgan fingerprint density at radius 3 is 2.11 bits per heavy atom. The predicted molar refractivity (Wildman–Crippen MR) is 70.9 cm³/mol. The van der Waals surface area contributed by atoms with E-state index in [9.17, 15) is 9.59 Å². The molecule has 1 unspecified atom stereocenters. The molecule has 0 saturated heterocycles. The summed E-state index contributed by atoms with van der Waals surface area (Å²) in [4.78, 5) is 24.9. The first-order valence-corrected chi connectivity index (χ1v) is 6.21. The van der Waals surface area contributed by atoms with Crippen LogP contribution in [0.5, 0.6) is 0 Å². The van der Waals surface area contributed by atoms with Crippen LogP contribution >= 0.6 is 0 Å². The van der Waals surface area contributed by atoms with Crippen LogP contribution in [0.2, 0.25) is 0 Å². The molecule has 5 nitrogen and oxygen atoms in total. The van der Waals surface area contributed by atoms with Crippen molar-refractivity contribution < 1.29 is 14.3 Å². The molecule has 1 atom stereocenters. The summed E-state index contributed by atoms with van der Waals surface area (Å²) in [6, 6.07) is -0.285. The zero-order valence-corrected chi connectivity index (χ0v) is 12.3. The number of nitrogens with two attached hydrogens (primary N) is 1. The van der Waals surface area contributed by atoms with Crippen LogP contribution in [0.1, 0.15) is 41.0 Å². The number of methoxy groups -OCH3 is 1. The first kappa shape index (κ1) is 16.9. The number of hydrogen-bond acceptors (Lipinski definition) is 4. The molecule has 0 aromatic rings. The predicted octanol–water partition coefficient (Wildman–Crippen LogP) is 1.16. The number of amides is 1. The van der Waals surface area contributed by atoms with Crippen LogP contribution in [0.4, 0.5) is 0 Å². The fourth-order valence-corrected chi connectivity index (χ4v) is 1.37. The molecular weight excluding hydrogens is 232 g/mol. The monoisotopic (exact) mass is 258 g/mol. The molecule has 0 radical (unpaired) electrons. The first-order valence-electron chi connectivity index (χ1n) is 6.21. The fourth-order valence-electron chi connectivity index (χ4n) is 1.37. The van der Waals surface area contributed by atoms with Crippen molar-refractivity contribution in [2.24, 2.45) is 11.1 Å². The molecule has 0 fully saturated rings. The summed E-state index contributed by atoms with van der Waals surface area (Å²) < 4.78 is 4.59. The molecule has 0 saturated carbocycles. The molecule has 5 heteroatoms. The van der Waals surface area contributed by atoms with Crippen LogP contribution < -0.4 is 5.73 Å². The van der Waals surface area contributed by atoms with Crippen molar-refractivity contribution in [3.8, 4) is 0 Å². The molecule has 18 heavy (non-hydrogen) atoms. The van der Waals surface area contributed by atoms with E-state index in [0.717, 1.165) is 0 Å². The van der Waals surface area contributed by atoms with Crippen LogP contribution in [0.25, 0.3) is 0 Å². The lowest BCUT2D eigenvalue weighted by atomic mass is 9.85. The summed E-state index contributed by atoms with van der Waals surface area (Å²) in [6.07, 6.45) is 0.235. The molecular formula is C13H26N2O3. The molecule has 0 aromatic heterocycles. The van der Waals surface area contributed by atoms with Gasteiger partial charge < -0.3 is 15.4 Å². The van der Waals surface area contributed by atoms with E-state index >= 15 is 0 Å². The van der Waals surface area contributed by atoms with Crippen LogP contribution in [0.3, 0.4) is 0 Å². The Morgan fingerprint density at radius 2 is 1.78 bits per heavy atom. The van der Waals surface area contributed by atoms with Gasteiger partial charge in [0.1, 0.15) is 6.54 Å². The molecule has 0 spiro atoms. The zero-order chi connectivity index (χ0) is 14.5. The SMILES string of the molecule is COC(=O)CN(C(=O)CC(N)C(C)(C)C)C(C)C. The number of carbonyl (C=O) groups excluding carboxylic acids is 2. The minimum atomic E-state index is -0.415. The Kier molecular flexibility index (Phi) is 6.32. The van der Waals surface area contributed by atoms with Crippen LogP contribution in [-0.2, 0) is 14.3 Å². The van der Waals surface area contributed by atoms with Gasteiger partial charge in [-0.25, -0.2) is 0 Å². The van der Waals surface area contributed by atoms with Gasteiger partial charge in [-0.05, 0) is 19.3 Å². The molecule has 0 aromatic carbocycles. The largest absolute Gasteiger partial charge is 0.468 e. The minimum Gasteiger partial charge on any atom is -0.468 e. The smallest absolute Gasteiger partial charge is 0.325 e. The topological polar surface area (TPSA) is 72.6 Å². The second-order valence-electron chi connectivity index (χ2n) is 5.87. The van der Waals surface area contributed by atoms with E-state index in [1.807, 2.05) is 34.6 Å². The zero-order valence-electron chi connectivity index (χ0n) is 12.3. The number of nitrogens with zero attached hydrogens (tertiary/aromatic N) is 1. The van der Waals surface area contributed by atoms with Gasteiger partial charge in [0.2, 0.25) is 5.91 Å². The van der Waals surface area contributed by atoms with Crippen LogP contribution in [0.15, 0.2) is 0 Å². The third-order valence-electron chi connectivity index (χ3n) is 2.98. The Hall–Kier alpha value is -1.10. The highest BCUT2D eigenvalue weighted by Gasteiger charge is 2.27. The first-order chi connectivity index (χ1) is 8.09. The van der Waals surface area contributed by atoms with Crippen molar-refractivity contribution >= 4 is 11.9 Å². The van der Waals surface area contributed by atoms with Gasteiger partial charge in [0.25, 0.3) is 0 Å². The van der Waals surface area contributed by atoms with Crippen molar-refractivity contribution in [2.75, 3.05) is 13.7 Å². The Labute approximate surface area is 110 Å². The number of esters is 1. The summed E-state index contributed by atoms with van der Waals surface area (Å²) in [7, 11) is 1.31. The highest BCUT2D eigenvalue weighted by atomic mass is 16.5. The van der Waals surface area contributed by atoms with E-state index in [4.69, 9.17) is 5.73 Å². The summed E-state index contributed by atoms with van der Waals surface area (Å²) >= 11 is 0. The molecule has 106 valence electrons. The summed E-state index contributed by atoms with van der Waals surface area (Å²) in [5.41, 5.74) is 5.85. The van der Waals surface area contributed by atoms with Gasteiger partial charge in [0.15, 0.2) is 0 Å². The van der Waals surface area contributed by atoms with Crippen molar-refractivity contribution in [3.63, 3.8) is 0 Å². The number of carbonyl (C=O) groups is 2. The van der Waals surface area contributed by atoms with Crippen molar-refractivity contribution in [3.05, 3.63) is 0 Å². The van der Waals surface area contributed by atoms with E-state index in [1.165, 1.54) is 12.0 Å². The van der Waals surface area contributed by atoms with Gasteiger partial charge in [-0.3, -0.25) is 9.59 Å². The molecule has 1 amide bonds. The number of rotatable bonds is 5. The third-order valence-corrected chi connectivity index (χ3v) is 2.98. The Morgan fingerprint density at radius 1 is 1.28 bits per heavy atom. The second kappa shape index (κ2) is 6.73. The fraction of sp³-hybridized carbons (Fsp3) is 0.846. The van der Waals surface area contributed by atoms with E-state index in [-0.39, 0.29) is 36.4 Å². The lowest BCUT2D eigenvalue weighted by Gasteiger charge is -2.31. The molecule has 0 heterocycles. The quantitative estimate of drug-likeness (QED) is 0.751. The summed E-state index contributed by atoms with van der Waals surface area (Å²) in [5.74, 6) is -0.529. The number of hydrogen-bond donors (Lipinski definition) is 1. The van der Waals surface area contributed by atoms with E-state index in [1.54, 1.807) is 0 Å². The van der Waals surface area contributed by atoms with Crippen LogP contribution in [0, 0.1) is 5.41 Å². The summed E-state index contributed by atoms with van der Waals surface area (Å²) in [5, 5.41) is 0. The van der Waals surface area contributed by atoms with E-state index in [2.05, 4.69) is 4.74 Å². The second-order valence-corrected chi connectivity index (χ2v) is 5.87. The van der Waals surface area contributed by atoms with Gasteiger partial charge in [-0.1, -0.05) is 20.8 Å². The molecule has 0 aliphatic heterocycles. The van der Waals surface area contributed by atoms with Gasteiger partial charge in [-0.2, -0.15) is 0 Å².